The molecule has 3 rings (SSSR count). The molecule has 1 aromatic heterocycles. The molecular formula is C14H22N4O2. The normalized spacial score (nSPS) is 24.2. The van der Waals surface area contributed by atoms with Gasteiger partial charge in [-0.25, -0.2) is 0 Å². The third kappa shape index (κ3) is 2.86. The fourth-order valence-electron chi connectivity index (χ4n) is 3.09. The van der Waals surface area contributed by atoms with Crippen LogP contribution in [-0.2, 0) is 16.6 Å². The van der Waals surface area contributed by atoms with Crippen LogP contribution in [0.3, 0.4) is 0 Å². The molecule has 6 heteroatoms. The second kappa shape index (κ2) is 5.93. The van der Waals surface area contributed by atoms with E-state index in [1.165, 1.54) is 5.56 Å². The highest BCUT2D eigenvalue weighted by molar-refractivity contribution is 5.78. The predicted molar refractivity (Wildman–Crippen MR) is 74.2 cm³/mol. The van der Waals surface area contributed by atoms with Crippen molar-refractivity contribution >= 4 is 5.91 Å². The minimum absolute atomic E-state index is 0.226. The molecule has 1 atom stereocenters. The minimum Gasteiger partial charge on any atom is -0.378 e. The van der Waals surface area contributed by atoms with Crippen molar-refractivity contribution in [2.45, 2.75) is 18.9 Å². The second-order valence-electron chi connectivity index (χ2n) is 5.57. The number of carbonyl (C=O) groups is 1. The molecule has 110 valence electrons. The van der Waals surface area contributed by atoms with Gasteiger partial charge in [-0.15, -0.1) is 0 Å². The van der Waals surface area contributed by atoms with E-state index in [-0.39, 0.29) is 5.91 Å². The van der Waals surface area contributed by atoms with E-state index in [0.717, 1.165) is 32.5 Å². The first-order valence-electron chi connectivity index (χ1n) is 7.32. The van der Waals surface area contributed by atoms with E-state index >= 15 is 0 Å². The molecule has 0 bridgehead atoms. The number of carbonyl (C=O) groups excluding carboxylic acids is 1. The van der Waals surface area contributed by atoms with E-state index in [1.807, 2.05) is 22.8 Å². The maximum atomic E-state index is 12.3. The molecular weight excluding hydrogens is 256 g/mol. The van der Waals surface area contributed by atoms with Crippen molar-refractivity contribution in [1.82, 2.24) is 19.6 Å². The fraction of sp³-hybridized carbons (Fsp3) is 0.714. The largest absolute Gasteiger partial charge is 0.378 e. The molecule has 2 aliphatic rings. The Balaban J connectivity index is 1.62. The predicted octanol–water partition coefficient (Wildman–Crippen LogP) is 0.416. The van der Waals surface area contributed by atoms with Gasteiger partial charge in [0.05, 0.1) is 26.0 Å². The van der Waals surface area contributed by atoms with E-state index in [9.17, 15) is 4.79 Å². The fourth-order valence-corrected chi connectivity index (χ4v) is 3.09. The monoisotopic (exact) mass is 278 g/mol. The zero-order valence-electron chi connectivity index (χ0n) is 12.0. The summed E-state index contributed by atoms with van der Waals surface area (Å²) in [5.74, 6) is 0.226. The number of aryl methyl sites for hydroxylation is 1. The molecule has 0 aliphatic carbocycles. The van der Waals surface area contributed by atoms with Gasteiger partial charge >= 0.3 is 0 Å². The van der Waals surface area contributed by atoms with Gasteiger partial charge in [-0.3, -0.25) is 14.4 Å². The summed E-state index contributed by atoms with van der Waals surface area (Å²) in [6, 6.07) is 0.341. The van der Waals surface area contributed by atoms with Crippen molar-refractivity contribution in [2.24, 2.45) is 7.05 Å². The summed E-state index contributed by atoms with van der Waals surface area (Å²) in [5.41, 5.74) is 1.22. The number of amides is 1. The molecule has 2 fully saturated rings. The standard InChI is InChI=1S/C14H22N4O2/c1-16-10-12(9-15-16)13-3-2-4-18(13)11-14(19)17-5-7-20-8-6-17/h9-10,13H,2-8,11H2,1H3/t13-/m0/s1. The number of nitrogens with zero attached hydrogens (tertiary/aromatic N) is 4. The number of morpholine rings is 1. The van der Waals surface area contributed by atoms with E-state index in [0.29, 0.717) is 25.8 Å². The number of rotatable bonds is 3. The molecule has 6 nitrogen and oxygen atoms in total. The minimum atomic E-state index is 0.226. The van der Waals surface area contributed by atoms with Gasteiger partial charge in [-0.1, -0.05) is 0 Å². The van der Waals surface area contributed by atoms with Crippen LogP contribution in [0.4, 0.5) is 0 Å². The Labute approximate surface area is 119 Å². The number of ether oxygens (including phenoxy) is 1. The smallest absolute Gasteiger partial charge is 0.236 e. The van der Waals surface area contributed by atoms with Gasteiger partial charge in [0.1, 0.15) is 0 Å². The lowest BCUT2D eigenvalue weighted by Crippen LogP contribution is -2.45. The summed E-state index contributed by atoms with van der Waals surface area (Å²) in [7, 11) is 1.93. The summed E-state index contributed by atoms with van der Waals surface area (Å²) < 4.78 is 7.12. The second-order valence-corrected chi connectivity index (χ2v) is 5.57. The summed E-state index contributed by atoms with van der Waals surface area (Å²) in [5, 5.41) is 4.24. The van der Waals surface area contributed by atoms with Crippen LogP contribution in [0.2, 0.25) is 0 Å². The topological polar surface area (TPSA) is 50.6 Å². The summed E-state index contributed by atoms with van der Waals surface area (Å²) in [4.78, 5) is 16.5. The molecule has 0 spiro atoms. The van der Waals surface area contributed by atoms with Crippen LogP contribution in [-0.4, -0.2) is 64.9 Å². The zero-order chi connectivity index (χ0) is 13.9. The summed E-state index contributed by atoms with van der Waals surface area (Å²) >= 11 is 0. The van der Waals surface area contributed by atoms with Crippen molar-refractivity contribution < 1.29 is 9.53 Å². The van der Waals surface area contributed by atoms with E-state index in [4.69, 9.17) is 4.74 Å². The highest BCUT2D eigenvalue weighted by Gasteiger charge is 2.30. The van der Waals surface area contributed by atoms with Crippen molar-refractivity contribution in [1.29, 1.82) is 0 Å². The summed E-state index contributed by atoms with van der Waals surface area (Å²) in [6.45, 7) is 4.29. The molecule has 0 unspecified atom stereocenters. The lowest BCUT2D eigenvalue weighted by atomic mass is 10.1. The molecule has 3 heterocycles. The molecule has 2 saturated heterocycles. The number of hydrogen-bond acceptors (Lipinski definition) is 4. The Morgan fingerprint density at radius 2 is 2.20 bits per heavy atom. The van der Waals surface area contributed by atoms with Gasteiger partial charge < -0.3 is 9.64 Å². The van der Waals surface area contributed by atoms with Crippen LogP contribution in [0, 0.1) is 0 Å². The molecule has 2 aliphatic heterocycles. The molecule has 0 saturated carbocycles. The van der Waals surface area contributed by atoms with E-state index in [1.54, 1.807) is 0 Å². The van der Waals surface area contributed by atoms with Gasteiger partial charge in [0, 0.05) is 37.9 Å². The molecule has 0 radical (unpaired) electrons. The zero-order valence-corrected chi connectivity index (χ0v) is 12.0. The molecule has 20 heavy (non-hydrogen) atoms. The van der Waals surface area contributed by atoms with Crippen molar-refractivity contribution in [3.63, 3.8) is 0 Å². The number of aromatic nitrogens is 2. The first-order valence-corrected chi connectivity index (χ1v) is 7.32. The van der Waals surface area contributed by atoms with Gasteiger partial charge in [0.25, 0.3) is 0 Å². The van der Waals surface area contributed by atoms with Crippen molar-refractivity contribution in [3.8, 4) is 0 Å². The van der Waals surface area contributed by atoms with Gasteiger partial charge in [0.15, 0.2) is 0 Å². The van der Waals surface area contributed by atoms with Crippen molar-refractivity contribution in [3.05, 3.63) is 18.0 Å². The third-order valence-electron chi connectivity index (χ3n) is 4.18. The molecule has 0 N–H and O–H groups in total. The van der Waals surface area contributed by atoms with Crippen LogP contribution in [0.5, 0.6) is 0 Å². The lowest BCUT2D eigenvalue weighted by molar-refractivity contribution is -0.136. The average Bonchev–Trinajstić information content (AvgIpc) is 3.08. The van der Waals surface area contributed by atoms with Crippen LogP contribution in [0.1, 0.15) is 24.4 Å². The van der Waals surface area contributed by atoms with Crippen LogP contribution < -0.4 is 0 Å². The first kappa shape index (κ1) is 13.6. The van der Waals surface area contributed by atoms with Gasteiger partial charge in [-0.2, -0.15) is 5.10 Å². The molecule has 1 aromatic rings. The lowest BCUT2D eigenvalue weighted by Gasteiger charge is -2.30. The Morgan fingerprint density at radius 1 is 1.40 bits per heavy atom. The third-order valence-corrected chi connectivity index (χ3v) is 4.18. The van der Waals surface area contributed by atoms with Crippen LogP contribution >= 0.6 is 0 Å². The Kier molecular flexibility index (Phi) is 4.03. The highest BCUT2D eigenvalue weighted by Crippen LogP contribution is 2.31. The summed E-state index contributed by atoms with van der Waals surface area (Å²) in [6.07, 6.45) is 6.24. The Bertz CT molecular complexity index is 467. The number of hydrogen-bond donors (Lipinski definition) is 0. The quantitative estimate of drug-likeness (QED) is 0.804. The van der Waals surface area contributed by atoms with Crippen molar-refractivity contribution in [2.75, 3.05) is 39.4 Å². The molecule has 1 amide bonds. The van der Waals surface area contributed by atoms with Crippen LogP contribution in [0.25, 0.3) is 0 Å². The highest BCUT2D eigenvalue weighted by atomic mass is 16.5. The maximum absolute atomic E-state index is 12.3. The van der Waals surface area contributed by atoms with E-state index in [2.05, 4.69) is 16.2 Å². The van der Waals surface area contributed by atoms with Crippen LogP contribution in [0.15, 0.2) is 12.4 Å². The first-order chi connectivity index (χ1) is 9.74. The van der Waals surface area contributed by atoms with Gasteiger partial charge in [0.2, 0.25) is 5.91 Å². The maximum Gasteiger partial charge on any atom is 0.236 e. The Hall–Kier alpha value is -1.40. The van der Waals surface area contributed by atoms with Gasteiger partial charge in [-0.05, 0) is 19.4 Å². The molecule has 0 aromatic carbocycles. The number of likely N-dealkylation sites (tertiary alicyclic amines) is 1. The SMILES string of the molecule is Cn1cc([C@@H]2CCCN2CC(=O)N2CCOCC2)cn1. The average molecular weight is 278 g/mol. The van der Waals surface area contributed by atoms with E-state index < -0.39 is 0 Å². The Morgan fingerprint density at radius 3 is 2.90 bits per heavy atom.